The predicted molar refractivity (Wildman–Crippen MR) is 111 cm³/mol. The predicted octanol–water partition coefficient (Wildman–Crippen LogP) is 4.01. The molecule has 1 aliphatic heterocycles. The second kappa shape index (κ2) is 9.04. The molecule has 2 amide bonds. The highest BCUT2D eigenvalue weighted by molar-refractivity contribution is 9.10. The highest BCUT2D eigenvalue weighted by Crippen LogP contribution is 2.23. The van der Waals surface area contributed by atoms with E-state index < -0.39 is 11.9 Å². The van der Waals surface area contributed by atoms with E-state index in [0.29, 0.717) is 27.4 Å². The number of rotatable bonds is 4. The van der Waals surface area contributed by atoms with Crippen molar-refractivity contribution in [3.63, 3.8) is 0 Å². The lowest BCUT2D eigenvalue weighted by Gasteiger charge is -2.21. The molecule has 1 saturated heterocycles. The lowest BCUT2D eigenvalue weighted by molar-refractivity contribution is -0.132. The van der Waals surface area contributed by atoms with Crippen molar-refractivity contribution in [3.8, 4) is 6.07 Å². The minimum Gasteiger partial charge on any atom is -0.324 e. The Kier molecular flexibility index (Phi) is 6.49. The number of thioether (sulfide) groups is 1. The molecule has 1 aliphatic rings. The van der Waals surface area contributed by atoms with E-state index in [2.05, 4.69) is 21.2 Å². The van der Waals surface area contributed by atoms with Crippen LogP contribution in [0.3, 0.4) is 0 Å². The fourth-order valence-corrected chi connectivity index (χ4v) is 4.17. The van der Waals surface area contributed by atoms with Crippen LogP contribution in [-0.4, -0.2) is 34.4 Å². The summed E-state index contributed by atoms with van der Waals surface area (Å²) in [5.74, 6) is -0.227. The fraction of sp³-hybridized carbons (Fsp3) is 0.150. The molecule has 0 aliphatic carbocycles. The van der Waals surface area contributed by atoms with Crippen molar-refractivity contribution >= 4 is 51.3 Å². The van der Waals surface area contributed by atoms with E-state index in [0.717, 1.165) is 0 Å². The van der Waals surface area contributed by atoms with Crippen molar-refractivity contribution in [1.29, 1.82) is 5.26 Å². The summed E-state index contributed by atoms with van der Waals surface area (Å²) in [4.78, 5) is 26.6. The van der Waals surface area contributed by atoms with Crippen LogP contribution < -0.4 is 5.32 Å². The first kappa shape index (κ1) is 20.1. The van der Waals surface area contributed by atoms with Gasteiger partial charge in [-0.3, -0.25) is 9.59 Å². The van der Waals surface area contributed by atoms with Crippen molar-refractivity contribution in [2.45, 2.75) is 6.04 Å². The molecule has 142 valence electrons. The van der Waals surface area contributed by atoms with Crippen molar-refractivity contribution in [2.75, 3.05) is 16.9 Å². The maximum absolute atomic E-state index is 13.8. The van der Waals surface area contributed by atoms with Crippen LogP contribution in [0.4, 0.5) is 10.1 Å². The zero-order chi connectivity index (χ0) is 20.1. The van der Waals surface area contributed by atoms with Gasteiger partial charge in [0.15, 0.2) is 0 Å². The van der Waals surface area contributed by atoms with Gasteiger partial charge in [-0.1, -0.05) is 15.9 Å². The molecule has 0 spiro atoms. The van der Waals surface area contributed by atoms with E-state index in [9.17, 15) is 14.0 Å². The average molecular weight is 460 g/mol. The van der Waals surface area contributed by atoms with E-state index >= 15 is 0 Å². The highest BCUT2D eigenvalue weighted by Gasteiger charge is 2.33. The molecule has 2 aromatic carbocycles. The summed E-state index contributed by atoms with van der Waals surface area (Å²) in [5.41, 5.74) is 1.34. The van der Waals surface area contributed by atoms with Crippen LogP contribution in [0.5, 0.6) is 0 Å². The molecule has 0 saturated carbocycles. The number of nitrogens with one attached hydrogen (secondary N) is 1. The number of hydrogen-bond acceptors (Lipinski definition) is 4. The van der Waals surface area contributed by atoms with Crippen molar-refractivity contribution in [1.82, 2.24) is 4.90 Å². The molecule has 1 N–H and O–H groups in total. The number of benzene rings is 2. The number of halogens is 2. The lowest BCUT2D eigenvalue weighted by Crippen LogP contribution is -2.43. The number of carbonyl (C=O) groups excluding carboxylic acids is 2. The number of amides is 2. The third-order valence-corrected chi connectivity index (χ3v) is 5.62. The summed E-state index contributed by atoms with van der Waals surface area (Å²) >= 11 is 4.75. The molecule has 2 aromatic rings. The van der Waals surface area contributed by atoms with E-state index in [1.54, 1.807) is 36.4 Å². The number of carbonyl (C=O) groups is 2. The van der Waals surface area contributed by atoms with Gasteiger partial charge >= 0.3 is 0 Å². The molecule has 0 bridgehead atoms. The molecule has 1 atom stereocenters. The molecule has 8 heteroatoms. The van der Waals surface area contributed by atoms with E-state index in [-0.39, 0.29) is 17.4 Å². The van der Waals surface area contributed by atoms with Gasteiger partial charge in [0, 0.05) is 27.6 Å². The Bertz CT molecular complexity index is 972. The van der Waals surface area contributed by atoms with Gasteiger partial charge in [-0.05, 0) is 48.5 Å². The first-order valence-electron chi connectivity index (χ1n) is 8.30. The van der Waals surface area contributed by atoms with Crippen molar-refractivity contribution in [2.24, 2.45) is 0 Å². The van der Waals surface area contributed by atoms with Gasteiger partial charge in [-0.15, -0.1) is 11.8 Å². The number of nitriles is 1. The van der Waals surface area contributed by atoms with Crippen molar-refractivity contribution in [3.05, 3.63) is 70.0 Å². The Hall–Kier alpha value is -2.63. The Balaban J connectivity index is 1.68. The second-order valence-corrected chi connectivity index (χ2v) is 7.92. The third kappa shape index (κ3) is 4.80. The van der Waals surface area contributed by atoms with Crippen LogP contribution in [0.25, 0.3) is 6.08 Å². The van der Waals surface area contributed by atoms with E-state index in [1.165, 1.54) is 34.9 Å². The Morgan fingerprint density at radius 1 is 1.29 bits per heavy atom. The third-order valence-electron chi connectivity index (χ3n) is 4.11. The summed E-state index contributed by atoms with van der Waals surface area (Å²) in [5, 5.41) is 11.6. The highest BCUT2D eigenvalue weighted by atomic mass is 79.9. The summed E-state index contributed by atoms with van der Waals surface area (Å²) in [6.45, 7) is 0. The Labute approximate surface area is 174 Å². The van der Waals surface area contributed by atoms with Crippen LogP contribution in [0.2, 0.25) is 0 Å². The second-order valence-electron chi connectivity index (χ2n) is 6.00. The van der Waals surface area contributed by atoms with Crippen molar-refractivity contribution < 1.29 is 14.0 Å². The van der Waals surface area contributed by atoms with Crippen LogP contribution >= 0.6 is 27.7 Å². The molecule has 1 fully saturated rings. The smallest absolute Gasteiger partial charge is 0.248 e. The maximum atomic E-state index is 13.8. The Morgan fingerprint density at radius 2 is 2.04 bits per heavy atom. The molecule has 28 heavy (non-hydrogen) atoms. The monoisotopic (exact) mass is 459 g/mol. The van der Waals surface area contributed by atoms with Gasteiger partial charge in [-0.2, -0.15) is 5.26 Å². The first-order chi connectivity index (χ1) is 13.5. The molecule has 1 heterocycles. The number of nitrogens with zero attached hydrogens (tertiary/aromatic N) is 2. The maximum Gasteiger partial charge on any atom is 0.248 e. The molecule has 3 rings (SSSR count). The lowest BCUT2D eigenvalue weighted by atomic mass is 10.2. The van der Waals surface area contributed by atoms with Crippen LogP contribution in [0.15, 0.2) is 53.0 Å². The average Bonchev–Trinajstić information content (AvgIpc) is 3.19. The van der Waals surface area contributed by atoms with Gasteiger partial charge in [0.05, 0.1) is 17.5 Å². The Morgan fingerprint density at radius 3 is 2.75 bits per heavy atom. The van der Waals surface area contributed by atoms with Crippen LogP contribution in [-0.2, 0) is 9.59 Å². The summed E-state index contributed by atoms with van der Waals surface area (Å²) in [7, 11) is 0. The van der Waals surface area contributed by atoms with Crippen LogP contribution in [0.1, 0.15) is 11.1 Å². The normalized spacial score (nSPS) is 16.2. The van der Waals surface area contributed by atoms with Gasteiger partial charge in [0.1, 0.15) is 11.9 Å². The van der Waals surface area contributed by atoms with E-state index in [4.69, 9.17) is 5.26 Å². The largest absolute Gasteiger partial charge is 0.324 e. The van der Waals surface area contributed by atoms with Gasteiger partial charge < -0.3 is 10.2 Å². The fourth-order valence-electron chi connectivity index (χ4n) is 2.63. The molecular weight excluding hydrogens is 445 g/mol. The zero-order valence-corrected chi connectivity index (χ0v) is 17.0. The summed E-state index contributed by atoms with van der Waals surface area (Å²) in [6, 6.07) is 12.4. The standard InChI is InChI=1S/C20H15BrFN3O2S/c21-15-4-7-17(22)14(9-15)3-8-19(26)25-12-28-11-18(25)20(27)24-16-5-1-13(10-23)2-6-16/h1-9,18H,11-12H2,(H,24,27)/b8-3+. The van der Waals surface area contributed by atoms with Gasteiger partial charge in [-0.25, -0.2) is 4.39 Å². The SMILES string of the molecule is N#Cc1ccc(NC(=O)C2CSCN2C(=O)/C=C/c2cc(Br)ccc2F)cc1. The first-order valence-corrected chi connectivity index (χ1v) is 10.2. The van der Waals surface area contributed by atoms with Gasteiger partial charge in [0.2, 0.25) is 11.8 Å². The van der Waals surface area contributed by atoms with E-state index in [1.807, 2.05) is 6.07 Å². The minimum atomic E-state index is -0.620. The quantitative estimate of drug-likeness (QED) is 0.700. The van der Waals surface area contributed by atoms with Crippen LogP contribution in [0, 0.1) is 17.1 Å². The molecular formula is C20H15BrFN3O2S. The summed E-state index contributed by atoms with van der Waals surface area (Å²) in [6.07, 6.45) is 2.68. The van der Waals surface area contributed by atoms with Gasteiger partial charge in [0.25, 0.3) is 0 Å². The number of anilines is 1. The number of hydrogen-bond donors (Lipinski definition) is 1. The molecule has 0 aromatic heterocycles. The minimum absolute atomic E-state index is 0.285. The zero-order valence-electron chi connectivity index (χ0n) is 14.6. The summed E-state index contributed by atoms with van der Waals surface area (Å²) < 4.78 is 14.5. The topological polar surface area (TPSA) is 73.2 Å². The molecule has 1 unspecified atom stereocenters. The molecule has 0 radical (unpaired) electrons. The molecule has 5 nitrogen and oxygen atoms in total.